The van der Waals surface area contributed by atoms with E-state index < -0.39 is 5.97 Å². The van der Waals surface area contributed by atoms with E-state index in [4.69, 9.17) is 4.74 Å². The Bertz CT molecular complexity index is 387. The Kier molecular flexibility index (Phi) is 5.19. The van der Waals surface area contributed by atoms with Crippen molar-refractivity contribution in [2.75, 3.05) is 13.2 Å². The molecular formula is C11H17N3O3. The fraction of sp³-hybridized carbons (Fsp3) is 0.545. The fourth-order valence-electron chi connectivity index (χ4n) is 1.29. The number of rotatable bonds is 6. The van der Waals surface area contributed by atoms with Crippen molar-refractivity contribution in [3.63, 3.8) is 0 Å². The maximum atomic E-state index is 11.7. The summed E-state index contributed by atoms with van der Waals surface area (Å²) in [5, 5.41) is 2.69. The third-order valence-corrected chi connectivity index (χ3v) is 2.15. The van der Waals surface area contributed by atoms with E-state index in [2.05, 4.69) is 15.3 Å². The van der Waals surface area contributed by atoms with E-state index in [0.717, 1.165) is 12.8 Å². The maximum absolute atomic E-state index is 11.7. The number of imidazole rings is 1. The van der Waals surface area contributed by atoms with Gasteiger partial charge in [0.25, 0.3) is 5.91 Å². The lowest BCUT2D eigenvalue weighted by Gasteiger charge is -2.04. The van der Waals surface area contributed by atoms with Gasteiger partial charge in [-0.05, 0) is 13.3 Å². The fourth-order valence-corrected chi connectivity index (χ4v) is 1.29. The zero-order valence-corrected chi connectivity index (χ0v) is 10.1. The summed E-state index contributed by atoms with van der Waals surface area (Å²) < 4.78 is 4.81. The molecule has 0 aliphatic rings. The molecule has 0 spiro atoms. The number of unbranched alkanes of at least 4 members (excludes halogenated alkanes) is 1. The van der Waals surface area contributed by atoms with Gasteiger partial charge in [0.2, 0.25) is 0 Å². The first-order valence-corrected chi connectivity index (χ1v) is 5.69. The Morgan fingerprint density at radius 3 is 2.88 bits per heavy atom. The smallest absolute Gasteiger partial charge is 0.357 e. The summed E-state index contributed by atoms with van der Waals surface area (Å²) >= 11 is 0. The number of hydrogen-bond acceptors (Lipinski definition) is 4. The molecule has 0 bridgehead atoms. The number of carbonyl (C=O) groups excluding carboxylic acids is 2. The predicted octanol–water partition coefficient (Wildman–Crippen LogP) is 1.12. The van der Waals surface area contributed by atoms with Gasteiger partial charge in [0.1, 0.15) is 0 Å². The van der Waals surface area contributed by atoms with Crippen LogP contribution in [0, 0.1) is 0 Å². The molecule has 0 fully saturated rings. The van der Waals surface area contributed by atoms with Crippen molar-refractivity contribution in [3.05, 3.63) is 17.7 Å². The van der Waals surface area contributed by atoms with Gasteiger partial charge >= 0.3 is 5.97 Å². The van der Waals surface area contributed by atoms with Crippen LogP contribution in [0.3, 0.4) is 0 Å². The van der Waals surface area contributed by atoms with Crippen LogP contribution in [0.5, 0.6) is 0 Å². The number of nitrogens with zero attached hydrogens (tertiary/aromatic N) is 1. The molecule has 1 amide bonds. The first-order chi connectivity index (χ1) is 8.20. The lowest BCUT2D eigenvalue weighted by molar-refractivity contribution is 0.0516. The first kappa shape index (κ1) is 13.2. The Morgan fingerprint density at radius 2 is 2.24 bits per heavy atom. The van der Waals surface area contributed by atoms with Crippen molar-refractivity contribution in [1.29, 1.82) is 0 Å². The number of esters is 1. The highest BCUT2D eigenvalue weighted by Gasteiger charge is 2.20. The van der Waals surface area contributed by atoms with E-state index >= 15 is 0 Å². The third-order valence-electron chi connectivity index (χ3n) is 2.15. The topological polar surface area (TPSA) is 84.1 Å². The Hall–Kier alpha value is -1.85. The normalized spacial score (nSPS) is 10.0. The maximum Gasteiger partial charge on any atom is 0.357 e. The second kappa shape index (κ2) is 6.67. The minimum atomic E-state index is -0.564. The van der Waals surface area contributed by atoms with Crippen molar-refractivity contribution < 1.29 is 14.3 Å². The summed E-state index contributed by atoms with van der Waals surface area (Å²) in [5.74, 6) is -0.923. The summed E-state index contributed by atoms with van der Waals surface area (Å²) in [7, 11) is 0. The predicted molar refractivity (Wildman–Crippen MR) is 61.8 cm³/mol. The number of ether oxygens (including phenoxy) is 1. The van der Waals surface area contributed by atoms with Gasteiger partial charge in [-0.3, -0.25) is 4.79 Å². The van der Waals surface area contributed by atoms with Crippen LogP contribution < -0.4 is 5.32 Å². The summed E-state index contributed by atoms with van der Waals surface area (Å²) in [4.78, 5) is 29.6. The van der Waals surface area contributed by atoms with Crippen molar-refractivity contribution in [1.82, 2.24) is 15.3 Å². The van der Waals surface area contributed by atoms with Crippen molar-refractivity contribution >= 4 is 11.9 Å². The van der Waals surface area contributed by atoms with Crippen LogP contribution in [0.2, 0.25) is 0 Å². The molecule has 6 nitrogen and oxygen atoms in total. The quantitative estimate of drug-likeness (QED) is 0.575. The van der Waals surface area contributed by atoms with Gasteiger partial charge in [-0.25, -0.2) is 9.78 Å². The average molecular weight is 239 g/mol. The molecule has 0 radical (unpaired) electrons. The molecule has 94 valence electrons. The molecule has 17 heavy (non-hydrogen) atoms. The van der Waals surface area contributed by atoms with Gasteiger partial charge in [0.05, 0.1) is 12.9 Å². The zero-order chi connectivity index (χ0) is 12.7. The van der Waals surface area contributed by atoms with Crippen LogP contribution in [-0.2, 0) is 4.74 Å². The number of aromatic amines is 1. The van der Waals surface area contributed by atoms with Crippen LogP contribution in [0.25, 0.3) is 0 Å². The SMILES string of the molecule is CCCCNC(=O)c1nc[nH]c1C(=O)OCC. The highest BCUT2D eigenvalue weighted by molar-refractivity contribution is 6.02. The summed E-state index contributed by atoms with van der Waals surface area (Å²) in [5.41, 5.74) is 0.181. The van der Waals surface area contributed by atoms with E-state index in [1.54, 1.807) is 6.92 Å². The van der Waals surface area contributed by atoms with Crippen molar-refractivity contribution in [2.24, 2.45) is 0 Å². The second-order valence-electron chi connectivity index (χ2n) is 3.46. The lowest BCUT2D eigenvalue weighted by Crippen LogP contribution is -2.26. The average Bonchev–Trinajstić information content (AvgIpc) is 2.78. The molecular weight excluding hydrogens is 222 g/mol. The van der Waals surface area contributed by atoms with Gasteiger partial charge < -0.3 is 15.0 Å². The third kappa shape index (κ3) is 3.58. The highest BCUT2D eigenvalue weighted by atomic mass is 16.5. The number of carbonyl (C=O) groups is 2. The molecule has 0 atom stereocenters. The van der Waals surface area contributed by atoms with E-state index in [9.17, 15) is 9.59 Å². The van der Waals surface area contributed by atoms with Gasteiger partial charge in [-0.15, -0.1) is 0 Å². The summed E-state index contributed by atoms with van der Waals surface area (Å²) in [6.45, 7) is 4.57. The Morgan fingerprint density at radius 1 is 1.47 bits per heavy atom. The molecule has 1 heterocycles. The molecule has 0 aliphatic heterocycles. The van der Waals surface area contributed by atoms with E-state index in [1.165, 1.54) is 6.33 Å². The summed E-state index contributed by atoms with van der Waals surface area (Å²) in [6, 6.07) is 0. The second-order valence-corrected chi connectivity index (χ2v) is 3.46. The molecule has 2 N–H and O–H groups in total. The molecule has 0 unspecified atom stereocenters. The van der Waals surface area contributed by atoms with Crippen LogP contribution in [0.1, 0.15) is 47.7 Å². The number of nitrogens with one attached hydrogen (secondary N) is 2. The van der Waals surface area contributed by atoms with Gasteiger partial charge in [0.15, 0.2) is 11.4 Å². The van der Waals surface area contributed by atoms with E-state index in [0.29, 0.717) is 6.54 Å². The van der Waals surface area contributed by atoms with E-state index in [1.807, 2.05) is 6.92 Å². The largest absolute Gasteiger partial charge is 0.461 e. The van der Waals surface area contributed by atoms with Crippen LogP contribution >= 0.6 is 0 Å². The van der Waals surface area contributed by atoms with E-state index in [-0.39, 0.29) is 23.9 Å². The highest BCUT2D eigenvalue weighted by Crippen LogP contribution is 2.04. The molecule has 0 saturated carbocycles. The first-order valence-electron chi connectivity index (χ1n) is 5.69. The molecule has 1 rings (SSSR count). The van der Waals surface area contributed by atoms with Gasteiger partial charge in [-0.2, -0.15) is 0 Å². The Labute approximate surface area is 99.8 Å². The van der Waals surface area contributed by atoms with Crippen molar-refractivity contribution in [2.45, 2.75) is 26.7 Å². The molecule has 0 aliphatic carbocycles. The minimum Gasteiger partial charge on any atom is -0.461 e. The number of amides is 1. The lowest BCUT2D eigenvalue weighted by atomic mass is 10.3. The Balaban J connectivity index is 2.67. The molecule has 6 heteroatoms. The van der Waals surface area contributed by atoms with Crippen LogP contribution in [0.4, 0.5) is 0 Å². The molecule has 1 aromatic rings. The van der Waals surface area contributed by atoms with Crippen LogP contribution in [-0.4, -0.2) is 35.0 Å². The molecule has 0 aromatic carbocycles. The standard InChI is InChI=1S/C11H17N3O3/c1-3-5-6-12-10(15)8-9(14-7-13-8)11(16)17-4-2/h7H,3-6H2,1-2H3,(H,12,15)(H,13,14). The number of hydrogen-bond donors (Lipinski definition) is 2. The molecule has 1 aromatic heterocycles. The van der Waals surface area contributed by atoms with Crippen molar-refractivity contribution in [3.8, 4) is 0 Å². The zero-order valence-electron chi connectivity index (χ0n) is 10.1. The molecule has 0 saturated heterocycles. The van der Waals surface area contributed by atoms with Crippen LogP contribution in [0.15, 0.2) is 6.33 Å². The van der Waals surface area contributed by atoms with Gasteiger partial charge in [0, 0.05) is 6.54 Å². The monoisotopic (exact) mass is 239 g/mol. The number of H-pyrrole nitrogens is 1. The minimum absolute atomic E-state index is 0.0829. The summed E-state index contributed by atoms with van der Waals surface area (Å²) in [6.07, 6.45) is 3.19. The van der Waals surface area contributed by atoms with Gasteiger partial charge in [-0.1, -0.05) is 13.3 Å². The number of aromatic nitrogens is 2.